The van der Waals surface area contributed by atoms with E-state index in [0.717, 1.165) is 23.5 Å². The zero-order valence-corrected chi connectivity index (χ0v) is 15.6. The summed E-state index contributed by atoms with van der Waals surface area (Å²) in [5.41, 5.74) is 1.32. The summed E-state index contributed by atoms with van der Waals surface area (Å²) in [4.78, 5) is 12.0. The average Bonchev–Trinajstić information content (AvgIpc) is 2.95. The molecule has 142 valence electrons. The highest BCUT2D eigenvalue weighted by molar-refractivity contribution is 7.89. The molecule has 0 spiro atoms. The highest BCUT2D eigenvalue weighted by Gasteiger charge is 2.14. The molecule has 2 heterocycles. The van der Waals surface area contributed by atoms with Crippen LogP contribution in [0, 0.1) is 19.7 Å². The molecular formula is C17H18FN5O3S. The van der Waals surface area contributed by atoms with Crippen molar-refractivity contribution in [3.63, 3.8) is 0 Å². The van der Waals surface area contributed by atoms with E-state index in [0.29, 0.717) is 5.82 Å². The first-order valence-corrected chi connectivity index (χ1v) is 9.62. The Morgan fingerprint density at radius 3 is 2.41 bits per heavy atom. The third kappa shape index (κ3) is 4.29. The molecule has 2 aromatic heterocycles. The second kappa shape index (κ2) is 7.41. The van der Waals surface area contributed by atoms with Crippen LogP contribution < -0.4 is 10.3 Å². The van der Waals surface area contributed by atoms with Gasteiger partial charge >= 0.3 is 0 Å². The molecule has 8 nitrogen and oxygen atoms in total. The molecule has 0 saturated heterocycles. The van der Waals surface area contributed by atoms with Gasteiger partial charge in [-0.2, -0.15) is 5.10 Å². The van der Waals surface area contributed by atoms with E-state index in [-0.39, 0.29) is 23.5 Å². The third-order valence-electron chi connectivity index (χ3n) is 3.82. The van der Waals surface area contributed by atoms with E-state index in [4.69, 9.17) is 0 Å². The summed E-state index contributed by atoms with van der Waals surface area (Å²) in [5, 5.41) is 8.56. The fourth-order valence-electron chi connectivity index (χ4n) is 2.56. The van der Waals surface area contributed by atoms with Crippen molar-refractivity contribution in [3.8, 4) is 5.82 Å². The Hall–Kier alpha value is -2.85. The number of hydrogen-bond donors (Lipinski definition) is 1. The van der Waals surface area contributed by atoms with Gasteiger partial charge in [0.1, 0.15) is 5.82 Å². The lowest BCUT2D eigenvalue weighted by Crippen LogP contribution is -2.32. The lowest BCUT2D eigenvalue weighted by Gasteiger charge is -2.10. The molecule has 0 radical (unpaired) electrons. The van der Waals surface area contributed by atoms with Gasteiger partial charge in [0.15, 0.2) is 5.82 Å². The number of rotatable bonds is 6. The molecule has 0 aliphatic heterocycles. The van der Waals surface area contributed by atoms with Crippen LogP contribution in [0.4, 0.5) is 4.39 Å². The van der Waals surface area contributed by atoms with Crippen LogP contribution in [0.3, 0.4) is 0 Å². The quantitative estimate of drug-likeness (QED) is 0.680. The number of halogens is 1. The first-order valence-electron chi connectivity index (χ1n) is 8.13. The molecule has 1 N–H and O–H groups in total. The van der Waals surface area contributed by atoms with Crippen molar-refractivity contribution in [3.05, 3.63) is 70.0 Å². The lowest BCUT2D eigenvalue weighted by atomic mass is 10.4. The van der Waals surface area contributed by atoms with Gasteiger partial charge in [0, 0.05) is 18.3 Å². The SMILES string of the molecule is Cc1cc(C)n(-c2ccc(=O)n(CCNS(=O)(=O)c3ccc(F)cc3)n2)n1. The Bertz CT molecular complexity index is 1120. The lowest BCUT2D eigenvalue weighted by molar-refractivity contribution is 0.541. The minimum atomic E-state index is -3.80. The normalized spacial score (nSPS) is 11.7. The van der Waals surface area contributed by atoms with Crippen molar-refractivity contribution < 1.29 is 12.8 Å². The van der Waals surface area contributed by atoms with Gasteiger partial charge in [-0.25, -0.2) is 26.9 Å². The molecule has 0 atom stereocenters. The van der Waals surface area contributed by atoms with Crippen molar-refractivity contribution in [2.75, 3.05) is 6.54 Å². The minimum absolute atomic E-state index is 0.0341. The van der Waals surface area contributed by atoms with Crippen molar-refractivity contribution in [2.24, 2.45) is 0 Å². The molecule has 0 saturated carbocycles. The van der Waals surface area contributed by atoms with E-state index >= 15 is 0 Å². The second-order valence-corrected chi connectivity index (χ2v) is 7.71. The van der Waals surface area contributed by atoms with Crippen LogP contribution in [-0.2, 0) is 16.6 Å². The standard InChI is InChI=1S/C17H18FN5O3S/c1-12-11-13(2)23(20-12)16-7-8-17(24)22(21-16)10-9-19-27(25,26)15-5-3-14(18)4-6-15/h3-8,11,19H,9-10H2,1-2H3. The Balaban J connectivity index is 1.74. The maximum atomic E-state index is 12.9. The first kappa shape index (κ1) is 18.9. The molecule has 0 fully saturated rings. The number of nitrogens with one attached hydrogen (secondary N) is 1. The summed E-state index contributed by atoms with van der Waals surface area (Å²) in [5.74, 6) is -0.0627. The Kier molecular flexibility index (Phi) is 5.19. The largest absolute Gasteiger partial charge is 0.268 e. The molecule has 3 rings (SSSR count). The summed E-state index contributed by atoms with van der Waals surface area (Å²) in [6.45, 7) is 3.71. The van der Waals surface area contributed by atoms with Crippen molar-refractivity contribution in [2.45, 2.75) is 25.3 Å². The van der Waals surface area contributed by atoms with Gasteiger partial charge in [-0.1, -0.05) is 0 Å². The Morgan fingerprint density at radius 1 is 1.07 bits per heavy atom. The molecular weight excluding hydrogens is 373 g/mol. The molecule has 3 aromatic rings. The smallest absolute Gasteiger partial charge is 0.266 e. The molecule has 27 heavy (non-hydrogen) atoms. The Labute approximate surface area is 155 Å². The van der Waals surface area contributed by atoms with E-state index in [2.05, 4.69) is 14.9 Å². The van der Waals surface area contributed by atoms with Crippen LogP contribution in [0.1, 0.15) is 11.4 Å². The minimum Gasteiger partial charge on any atom is -0.268 e. The predicted molar refractivity (Wildman–Crippen MR) is 96.7 cm³/mol. The highest BCUT2D eigenvalue weighted by atomic mass is 32.2. The van der Waals surface area contributed by atoms with Crippen LogP contribution in [-0.4, -0.2) is 34.5 Å². The monoisotopic (exact) mass is 391 g/mol. The van der Waals surface area contributed by atoms with Crippen molar-refractivity contribution in [1.82, 2.24) is 24.3 Å². The maximum absolute atomic E-state index is 12.9. The number of aromatic nitrogens is 4. The zero-order chi connectivity index (χ0) is 19.6. The fourth-order valence-corrected chi connectivity index (χ4v) is 3.58. The van der Waals surface area contributed by atoms with Crippen LogP contribution in [0.25, 0.3) is 5.82 Å². The molecule has 1 aromatic carbocycles. The molecule has 0 aliphatic carbocycles. The van der Waals surface area contributed by atoms with Gasteiger partial charge in [-0.15, -0.1) is 5.10 Å². The summed E-state index contributed by atoms with van der Waals surface area (Å²) in [6, 6.07) is 9.27. The average molecular weight is 391 g/mol. The number of hydrogen-bond acceptors (Lipinski definition) is 5. The maximum Gasteiger partial charge on any atom is 0.266 e. The van der Waals surface area contributed by atoms with Crippen LogP contribution in [0.15, 0.2) is 52.2 Å². The van der Waals surface area contributed by atoms with Gasteiger partial charge in [-0.05, 0) is 50.2 Å². The van der Waals surface area contributed by atoms with Crippen LogP contribution >= 0.6 is 0 Å². The third-order valence-corrected chi connectivity index (χ3v) is 5.30. The number of aryl methyl sites for hydroxylation is 2. The van der Waals surface area contributed by atoms with Crippen LogP contribution in [0.5, 0.6) is 0 Å². The number of sulfonamides is 1. The first-order chi connectivity index (χ1) is 12.8. The summed E-state index contributed by atoms with van der Waals surface area (Å²) >= 11 is 0. The highest BCUT2D eigenvalue weighted by Crippen LogP contribution is 2.10. The van der Waals surface area contributed by atoms with Gasteiger partial charge in [0.25, 0.3) is 5.56 Å². The molecule has 10 heteroatoms. The topological polar surface area (TPSA) is 98.9 Å². The predicted octanol–water partition coefficient (Wildman–Crippen LogP) is 1.16. The molecule has 0 amide bonds. The van der Waals surface area contributed by atoms with E-state index in [1.807, 2.05) is 19.9 Å². The van der Waals surface area contributed by atoms with Gasteiger partial charge < -0.3 is 0 Å². The number of nitrogens with zero attached hydrogens (tertiary/aromatic N) is 4. The second-order valence-electron chi connectivity index (χ2n) is 5.94. The number of benzene rings is 1. The molecule has 0 unspecified atom stereocenters. The summed E-state index contributed by atoms with van der Waals surface area (Å²) < 4.78 is 42.5. The fraction of sp³-hybridized carbons (Fsp3) is 0.235. The zero-order valence-electron chi connectivity index (χ0n) is 14.8. The molecule has 0 aliphatic rings. The van der Waals surface area contributed by atoms with Gasteiger partial charge in [0.2, 0.25) is 10.0 Å². The van der Waals surface area contributed by atoms with Crippen molar-refractivity contribution >= 4 is 10.0 Å². The van der Waals surface area contributed by atoms with Crippen molar-refractivity contribution in [1.29, 1.82) is 0 Å². The summed E-state index contributed by atoms with van der Waals surface area (Å²) in [7, 11) is -3.80. The van der Waals surface area contributed by atoms with E-state index in [1.54, 1.807) is 10.7 Å². The molecule has 0 bridgehead atoms. The van der Waals surface area contributed by atoms with Crippen LogP contribution in [0.2, 0.25) is 0 Å². The van der Waals surface area contributed by atoms with E-state index in [9.17, 15) is 17.6 Å². The van der Waals surface area contributed by atoms with Gasteiger partial charge in [0.05, 0.1) is 17.1 Å². The Morgan fingerprint density at radius 2 is 1.78 bits per heavy atom. The van der Waals surface area contributed by atoms with E-state index in [1.165, 1.54) is 22.9 Å². The summed E-state index contributed by atoms with van der Waals surface area (Å²) in [6.07, 6.45) is 0. The van der Waals surface area contributed by atoms with E-state index < -0.39 is 15.8 Å². The van der Waals surface area contributed by atoms with Gasteiger partial charge in [-0.3, -0.25) is 4.79 Å².